The Hall–Kier alpha value is -0.480. The van der Waals surface area contributed by atoms with Gasteiger partial charge in [0, 0.05) is 31.1 Å². The second kappa shape index (κ2) is 5.73. The predicted molar refractivity (Wildman–Crippen MR) is 69.6 cm³/mol. The smallest absolute Gasteiger partial charge is 0.0518 e. The number of thioether (sulfide) groups is 1. The second-order valence-corrected chi connectivity index (χ2v) is 5.69. The highest BCUT2D eigenvalue weighted by Crippen LogP contribution is 2.26. The summed E-state index contributed by atoms with van der Waals surface area (Å²) >= 11 is 2.02. The van der Waals surface area contributed by atoms with Crippen LogP contribution in [0.25, 0.3) is 0 Å². The number of nitrogens with one attached hydrogen (secondary N) is 1. The molecule has 1 fully saturated rings. The largest absolute Gasteiger partial charge is 0.308 e. The van der Waals surface area contributed by atoms with Gasteiger partial charge >= 0.3 is 0 Å². The number of aryl methyl sites for hydroxylation is 1. The molecule has 1 aromatic heterocycles. The van der Waals surface area contributed by atoms with Gasteiger partial charge in [0.15, 0.2) is 0 Å². The molecule has 0 aliphatic heterocycles. The molecule has 90 valence electrons. The van der Waals surface area contributed by atoms with Crippen LogP contribution in [0, 0.1) is 0 Å². The molecule has 1 heterocycles. The Morgan fingerprint density at radius 1 is 1.56 bits per heavy atom. The lowest BCUT2D eigenvalue weighted by molar-refractivity contribution is 0.376. The molecule has 3 nitrogen and oxygen atoms in total. The first kappa shape index (κ1) is 12.0. The van der Waals surface area contributed by atoms with E-state index in [0.29, 0.717) is 6.04 Å². The van der Waals surface area contributed by atoms with Gasteiger partial charge in [-0.1, -0.05) is 6.42 Å². The maximum absolute atomic E-state index is 4.18. The van der Waals surface area contributed by atoms with Crippen molar-refractivity contribution in [2.75, 3.05) is 6.26 Å². The molecule has 0 spiro atoms. The highest BCUT2D eigenvalue weighted by atomic mass is 32.2. The third kappa shape index (κ3) is 3.01. The Morgan fingerprint density at radius 3 is 3.12 bits per heavy atom. The maximum Gasteiger partial charge on any atom is 0.0518 e. The zero-order valence-corrected chi connectivity index (χ0v) is 11.0. The molecule has 1 aromatic rings. The van der Waals surface area contributed by atoms with Crippen LogP contribution in [0.15, 0.2) is 12.3 Å². The molecule has 1 aliphatic rings. The normalized spacial score (nSPS) is 25.9. The molecule has 16 heavy (non-hydrogen) atoms. The molecule has 0 aromatic carbocycles. The zero-order chi connectivity index (χ0) is 11.4. The summed E-state index contributed by atoms with van der Waals surface area (Å²) < 4.78 is 1.95. The van der Waals surface area contributed by atoms with Gasteiger partial charge in [-0.3, -0.25) is 4.68 Å². The quantitative estimate of drug-likeness (QED) is 0.873. The minimum atomic E-state index is 0.695. The van der Waals surface area contributed by atoms with Gasteiger partial charge in [-0.2, -0.15) is 16.9 Å². The van der Waals surface area contributed by atoms with Crippen LogP contribution in [0.1, 0.15) is 31.4 Å². The number of rotatable bonds is 4. The predicted octanol–water partition coefficient (Wildman–Crippen LogP) is 2.18. The van der Waals surface area contributed by atoms with Crippen LogP contribution >= 0.6 is 11.8 Å². The van der Waals surface area contributed by atoms with Crippen molar-refractivity contribution in [2.45, 2.75) is 43.5 Å². The van der Waals surface area contributed by atoms with Crippen molar-refractivity contribution in [1.82, 2.24) is 15.1 Å². The van der Waals surface area contributed by atoms with E-state index in [1.165, 1.54) is 31.4 Å². The van der Waals surface area contributed by atoms with Crippen molar-refractivity contribution in [2.24, 2.45) is 7.05 Å². The number of aromatic nitrogens is 2. The summed E-state index contributed by atoms with van der Waals surface area (Å²) in [5.41, 5.74) is 1.27. The van der Waals surface area contributed by atoms with Crippen molar-refractivity contribution in [3.05, 3.63) is 18.0 Å². The molecule has 0 radical (unpaired) electrons. The van der Waals surface area contributed by atoms with Crippen molar-refractivity contribution in [1.29, 1.82) is 0 Å². The monoisotopic (exact) mass is 239 g/mol. The molecule has 1 saturated carbocycles. The van der Waals surface area contributed by atoms with E-state index < -0.39 is 0 Å². The van der Waals surface area contributed by atoms with Crippen LogP contribution < -0.4 is 5.32 Å². The zero-order valence-electron chi connectivity index (χ0n) is 10.1. The van der Waals surface area contributed by atoms with Crippen molar-refractivity contribution in [3.63, 3.8) is 0 Å². The van der Waals surface area contributed by atoms with Gasteiger partial charge in [0.25, 0.3) is 0 Å². The lowest BCUT2D eigenvalue weighted by Gasteiger charge is -2.28. The summed E-state index contributed by atoms with van der Waals surface area (Å²) in [5, 5.41) is 8.70. The third-order valence-electron chi connectivity index (χ3n) is 3.45. The highest BCUT2D eigenvalue weighted by molar-refractivity contribution is 7.99. The fourth-order valence-electron chi connectivity index (χ4n) is 2.37. The van der Waals surface area contributed by atoms with Crippen LogP contribution in [0.3, 0.4) is 0 Å². The Balaban J connectivity index is 1.79. The molecule has 0 amide bonds. The Kier molecular flexibility index (Phi) is 4.29. The molecule has 2 atom stereocenters. The molecule has 2 rings (SSSR count). The molecule has 1 N–H and O–H groups in total. The Morgan fingerprint density at radius 2 is 2.44 bits per heavy atom. The molecule has 0 bridgehead atoms. The van der Waals surface area contributed by atoms with Gasteiger partial charge in [-0.05, 0) is 31.6 Å². The summed E-state index contributed by atoms with van der Waals surface area (Å²) in [6, 6.07) is 2.78. The first-order valence-electron chi connectivity index (χ1n) is 6.02. The molecule has 0 saturated heterocycles. The Bertz CT molecular complexity index is 324. The van der Waals surface area contributed by atoms with E-state index in [0.717, 1.165) is 11.8 Å². The molecular formula is C12H21N3S. The van der Waals surface area contributed by atoms with Crippen molar-refractivity contribution in [3.8, 4) is 0 Å². The number of hydrogen-bond acceptors (Lipinski definition) is 3. The van der Waals surface area contributed by atoms with Gasteiger partial charge in [0.05, 0.1) is 5.69 Å². The van der Waals surface area contributed by atoms with Gasteiger partial charge in [-0.25, -0.2) is 0 Å². The lowest BCUT2D eigenvalue weighted by atomic mass is 9.95. The summed E-state index contributed by atoms with van der Waals surface area (Å²) in [7, 11) is 2.00. The van der Waals surface area contributed by atoms with E-state index in [1.54, 1.807) is 0 Å². The summed E-state index contributed by atoms with van der Waals surface area (Å²) in [5.74, 6) is 0. The van der Waals surface area contributed by atoms with Crippen LogP contribution in [-0.4, -0.2) is 27.3 Å². The highest BCUT2D eigenvalue weighted by Gasteiger charge is 2.20. The fraction of sp³-hybridized carbons (Fsp3) is 0.750. The molecule has 4 heteroatoms. The van der Waals surface area contributed by atoms with Crippen LogP contribution in [-0.2, 0) is 13.6 Å². The van der Waals surface area contributed by atoms with Crippen molar-refractivity contribution < 1.29 is 0 Å². The first-order valence-corrected chi connectivity index (χ1v) is 7.31. The molecular weight excluding hydrogens is 218 g/mol. The van der Waals surface area contributed by atoms with E-state index in [-0.39, 0.29) is 0 Å². The van der Waals surface area contributed by atoms with Gasteiger partial charge < -0.3 is 5.32 Å². The third-order valence-corrected chi connectivity index (χ3v) is 4.55. The topological polar surface area (TPSA) is 29.9 Å². The lowest BCUT2D eigenvalue weighted by Crippen LogP contribution is -2.35. The van der Waals surface area contributed by atoms with Gasteiger partial charge in [-0.15, -0.1) is 0 Å². The summed E-state index contributed by atoms with van der Waals surface area (Å²) in [6.45, 7) is 0.947. The standard InChI is InChI=1S/C12H21N3S/c1-15-11(6-7-14-15)9-13-10-4-3-5-12(8-10)16-2/h6-7,10,12-13H,3-5,8-9H2,1-2H3. The van der Waals surface area contributed by atoms with E-state index in [2.05, 4.69) is 22.7 Å². The summed E-state index contributed by atoms with van der Waals surface area (Å²) in [6.07, 6.45) is 9.50. The molecule has 1 aliphatic carbocycles. The second-order valence-electron chi connectivity index (χ2n) is 4.55. The maximum atomic E-state index is 4.18. The fourth-order valence-corrected chi connectivity index (χ4v) is 3.20. The van der Waals surface area contributed by atoms with Crippen LogP contribution in [0.5, 0.6) is 0 Å². The Labute approximate surface area is 102 Å². The van der Waals surface area contributed by atoms with E-state index in [1.807, 2.05) is 29.7 Å². The average molecular weight is 239 g/mol. The number of nitrogens with zero attached hydrogens (tertiary/aromatic N) is 2. The van der Waals surface area contributed by atoms with E-state index in [4.69, 9.17) is 0 Å². The number of hydrogen-bond donors (Lipinski definition) is 1. The van der Waals surface area contributed by atoms with E-state index >= 15 is 0 Å². The molecule has 2 unspecified atom stereocenters. The van der Waals surface area contributed by atoms with Crippen molar-refractivity contribution >= 4 is 11.8 Å². The van der Waals surface area contributed by atoms with E-state index in [9.17, 15) is 0 Å². The average Bonchev–Trinajstić information content (AvgIpc) is 2.72. The SMILES string of the molecule is CSC1CCCC(NCc2ccnn2C)C1. The first-order chi connectivity index (χ1) is 7.79. The minimum absolute atomic E-state index is 0.695. The van der Waals surface area contributed by atoms with Crippen LogP contribution in [0.2, 0.25) is 0 Å². The van der Waals surface area contributed by atoms with Gasteiger partial charge in [0.2, 0.25) is 0 Å². The summed E-state index contributed by atoms with van der Waals surface area (Å²) in [4.78, 5) is 0. The van der Waals surface area contributed by atoms with Crippen LogP contribution in [0.4, 0.5) is 0 Å². The van der Waals surface area contributed by atoms with Gasteiger partial charge in [0.1, 0.15) is 0 Å². The minimum Gasteiger partial charge on any atom is -0.308 e.